The zero-order chi connectivity index (χ0) is 20.5. The van der Waals surface area contributed by atoms with E-state index in [1.54, 1.807) is 6.20 Å². The number of aromatic nitrogens is 4. The molecule has 0 saturated carbocycles. The predicted molar refractivity (Wildman–Crippen MR) is 117 cm³/mol. The van der Waals surface area contributed by atoms with Crippen LogP contribution in [0.15, 0.2) is 83.7 Å². The third-order valence-corrected chi connectivity index (χ3v) is 5.20. The molecule has 3 aromatic heterocycles. The number of pyridine rings is 1. The summed E-state index contributed by atoms with van der Waals surface area (Å²) >= 11 is 0. The highest BCUT2D eigenvalue weighted by Gasteiger charge is 2.13. The van der Waals surface area contributed by atoms with Crippen molar-refractivity contribution in [2.45, 2.75) is 13.5 Å². The number of anilines is 1. The van der Waals surface area contributed by atoms with Gasteiger partial charge in [0.05, 0.1) is 0 Å². The highest BCUT2D eigenvalue weighted by Crippen LogP contribution is 2.27. The summed E-state index contributed by atoms with van der Waals surface area (Å²) in [6.45, 7) is 2.77. The molecule has 5 rings (SSSR count). The highest BCUT2D eigenvalue weighted by molar-refractivity contribution is 5.70. The first-order chi connectivity index (χ1) is 14.7. The van der Waals surface area contributed by atoms with Crippen molar-refractivity contribution in [2.24, 2.45) is 0 Å². The Labute approximate surface area is 174 Å². The van der Waals surface area contributed by atoms with Crippen LogP contribution in [-0.2, 0) is 6.54 Å². The molecule has 0 aliphatic carbocycles. The van der Waals surface area contributed by atoms with E-state index >= 15 is 0 Å². The molecule has 0 aliphatic heterocycles. The summed E-state index contributed by atoms with van der Waals surface area (Å²) in [5, 5.41) is 8.46. The molecule has 0 radical (unpaired) electrons. The molecule has 5 aromatic rings. The fourth-order valence-corrected chi connectivity index (χ4v) is 3.58. The van der Waals surface area contributed by atoms with Crippen molar-refractivity contribution in [3.63, 3.8) is 0 Å². The second-order valence-electron chi connectivity index (χ2n) is 7.37. The first-order valence-corrected chi connectivity index (χ1v) is 9.80. The van der Waals surface area contributed by atoms with Crippen LogP contribution in [0.25, 0.3) is 28.2 Å². The van der Waals surface area contributed by atoms with Gasteiger partial charge in [0.1, 0.15) is 5.65 Å². The minimum Gasteiger partial charge on any atom is -0.403 e. The molecule has 0 aliphatic rings. The van der Waals surface area contributed by atoms with Gasteiger partial charge < -0.3 is 13.7 Å². The van der Waals surface area contributed by atoms with E-state index in [0.29, 0.717) is 18.5 Å². The Morgan fingerprint density at radius 1 is 0.933 bits per heavy atom. The maximum absolute atomic E-state index is 5.93. The van der Waals surface area contributed by atoms with Crippen LogP contribution in [0.1, 0.15) is 11.1 Å². The van der Waals surface area contributed by atoms with Crippen molar-refractivity contribution < 1.29 is 4.42 Å². The van der Waals surface area contributed by atoms with Gasteiger partial charge in [0.25, 0.3) is 0 Å². The molecule has 148 valence electrons. The normalized spacial score (nSPS) is 11.1. The molecule has 6 nitrogen and oxygen atoms in total. The van der Waals surface area contributed by atoms with Crippen LogP contribution in [0.2, 0.25) is 0 Å². The van der Waals surface area contributed by atoms with Crippen molar-refractivity contribution in [1.82, 2.24) is 19.6 Å². The monoisotopic (exact) mass is 395 g/mol. The molecular weight excluding hydrogens is 374 g/mol. The van der Waals surface area contributed by atoms with E-state index in [4.69, 9.17) is 4.42 Å². The number of aryl methyl sites for hydroxylation is 1. The zero-order valence-corrected chi connectivity index (χ0v) is 16.9. The molecular formula is C24H21N5O. The van der Waals surface area contributed by atoms with E-state index in [0.717, 1.165) is 16.8 Å². The van der Waals surface area contributed by atoms with Crippen LogP contribution < -0.4 is 4.90 Å². The summed E-state index contributed by atoms with van der Waals surface area (Å²) in [5.41, 5.74) is 6.61. The number of nitrogens with zero attached hydrogens (tertiary/aromatic N) is 5. The lowest BCUT2D eigenvalue weighted by molar-refractivity contribution is 0.554. The average Bonchev–Trinajstić information content (AvgIpc) is 3.44. The van der Waals surface area contributed by atoms with Crippen molar-refractivity contribution in [3.8, 4) is 22.6 Å². The Morgan fingerprint density at radius 2 is 1.73 bits per heavy atom. The Hall–Kier alpha value is -3.93. The van der Waals surface area contributed by atoms with Crippen molar-refractivity contribution >= 4 is 11.7 Å². The SMILES string of the molecule is Cc1ccccc1-c1ccc(-c2nnc(N(C)Cc3ccc4nccn4c3)o2)cc1. The van der Waals surface area contributed by atoms with Gasteiger partial charge >= 0.3 is 6.01 Å². The third-order valence-electron chi connectivity index (χ3n) is 5.20. The van der Waals surface area contributed by atoms with Crippen molar-refractivity contribution in [3.05, 3.63) is 90.4 Å². The molecule has 30 heavy (non-hydrogen) atoms. The topological polar surface area (TPSA) is 59.5 Å². The van der Waals surface area contributed by atoms with Gasteiger partial charge in [-0.15, -0.1) is 5.10 Å². The van der Waals surface area contributed by atoms with E-state index in [9.17, 15) is 0 Å². The highest BCUT2D eigenvalue weighted by atomic mass is 16.4. The summed E-state index contributed by atoms with van der Waals surface area (Å²) in [6.07, 6.45) is 5.78. The fraction of sp³-hybridized carbons (Fsp3) is 0.125. The minimum atomic E-state index is 0.485. The van der Waals surface area contributed by atoms with E-state index in [-0.39, 0.29) is 0 Å². The van der Waals surface area contributed by atoms with Gasteiger partial charge in [-0.1, -0.05) is 47.6 Å². The average molecular weight is 395 g/mol. The molecule has 3 heterocycles. The Balaban J connectivity index is 1.33. The van der Waals surface area contributed by atoms with Crippen molar-refractivity contribution in [2.75, 3.05) is 11.9 Å². The number of fused-ring (bicyclic) bond motifs is 1. The molecule has 2 aromatic carbocycles. The fourth-order valence-electron chi connectivity index (χ4n) is 3.58. The maximum atomic E-state index is 5.93. The standard InChI is InChI=1S/C24H21N5O/c1-17-5-3-4-6-21(17)19-8-10-20(11-9-19)23-26-27-24(30-23)28(2)15-18-7-12-22-25-13-14-29(22)16-18/h3-14,16H,15H2,1-2H3. The molecule has 0 atom stereocenters. The van der Waals surface area contributed by atoms with E-state index in [1.807, 2.05) is 40.7 Å². The molecule has 6 heteroatoms. The van der Waals surface area contributed by atoms with Crippen LogP contribution >= 0.6 is 0 Å². The lowest BCUT2D eigenvalue weighted by atomic mass is 10.00. The second kappa shape index (κ2) is 7.48. The number of rotatable bonds is 5. The number of imidazole rings is 1. The maximum Gasteiger partial charge on any atom is 0.318 e. The molecule has 0 fully saturated rings. The summed E-state index contributed by atoms with van der Waals surface area (Å²) < 4.78 is 7.93. The minimum absolute atomic E-state index is 0.485. The third kappa shape index (κ3) is 3.43. The Morgan fingerprint density at radius 3 is 2.57 bits per heavy atom. The molecule has 0 spiro atoms. The molecule has 0 N–H and O–H groups in total. The van der Waals surface area contributed by atoms with Gasteiger partial charge in [0.15, 0.2) is 0 Å². The largest absolute Gasteiger partial charge is 0.403 e. The molecule has 0 unspecified atom stereocenters. The first kappa shape index (κ1) is 18.1. The first-order valence-electron chi connectivity index (χ1n) is 9.80. The van der Waals surface area contributed by atoms with Gasteiger partial charge in [0.2, 0.25) is 5.89 Å². The van der Waals surface area contributed by atoms with Crippen LogP contribution in [0, 0.1) is 6.92 Å². The Bertz CT molecular complexity index is 1300. The number of hydrogen-bond acceptors (Lipinski definition) is 5. The quantitative estimate of drug-likeness (QED) is 0.419. The molecule has 0 amide bonds. The lowest BCUT2D eigenvalue weighted by Crippen LogP contribution is -2.17. The molecule has 0 saturated heterocycles. The van der Waals surface area contributed by atoms with E-state index in [1.165, 1.54) is 16.7 Å². The van der Waals surface area contributed by atoms with Crippen molar-refractivity contribution in [1.29, 1.82) is 0 Å². The molecule has 0 bridgehead atoms. The Kier molecular flexibility index (Phi) is 4.52. The van der Waals surface area contributed by atoms with Crippen LogP contribution in [0.5, 0.6) is 0 Å². The summed E-state index contributed by atoms with van der Waals surface area (Å²) in [5.74, 6) is 0.512. The summed E-state index contributed by atoms with van der Waals surface area (Å²) in [4.78, 5) is 6.21. The summed E-state index contributed by atoms with van der Waals surface area (Å²) in [7, 11) is 1.94. The van der Waals surface area contributed by atoms with Gasteiger partial charge in [-0.2, -0.15) is 0 Å². The number of hydrogen-bond donors (Lipinski definition) is 0. The van der Waals surface area contributed by atoms with E-state index < -0.39 is 0 Å². The second-order valence-corrected chi connectivity index (χ2v) is 7.37. The van der Waals surface area contributed by atoms with Gasteiger partial charge in [-0.05, 0) is 47.4 Å². The van der Waals surface area contributed by atoms with Gasteiger partial charge in [0, 0.05) is 37.7 Å². The lowest BCUT2D eigenvalue weighted by Gasteiger charge is -2.13. The summed E-state index contributed by atoms with van der Waals surface area (Å²) in [6, 6.07) is 21.1. The van der Waals surface area contributed by atoms with Crippen LogP contribution in [0.4, 0.5) is 6.01 Å². The predicted octanol–water partition coefficient (Wildman–Crippen LogP) is 5.00. The van der Waals surface area contributed by atoms with Gasteiger partial charge in [-0.25, -0.2) is 4.98 Å². The van der Waals surface area contributed by atoms with E-state index in [2.05, 4.69) is 70.8 Å². The zero-order valence-electron chi connectivity index (χ0n) is 16.9. The van der Waals surface area contributed by atoms with Crippen LogP contribution in [0.3, 0.4) is 0 Å². The van der Waals surface area contributed by atoms with Crippen LogP contribution in [-0.4, -0.2) is 26.6 Å². The van der Waals surface area contributed by atoms with Gasteiger partial charge in [-0.3, -0.25) is 0 Å². The smallest absolute Gasteiger partial charge is 0.318 e. The number of benzene rings is 2.